The Bertz CT molecular complexity index is 755. The molecule has 4 nitrogen and oxygen atoms in total. The van der Waals surface area contributed by atoms with Gasteiger partial charge >= 0.3 is 5.97 Å². The van der Waals surface area contributed by atoms with E-state index in [1.807, 2.05) is 20.8 Å². The maximum atomic E-state index is 14.0. The summed E-state index contributed by atoms with van der Waals surface area (Å²) in [6, 6.07) is 3.17. The molecule has 0 spiro atoms. The Morgan fingerprint density at radius 2 is 2.09 bits per heavy atom. The highest BCUT2D eigenvalue weighted by molar-refractivity contribution is 5.79. The summed E-state index contributed by atoms with van der Waals surface area (Å²) in [5.41, 5.74) is 0.691. The topological polar surface area (TPSA) is 55.0 Å². The van der Waals surface area contributed by atoms with Crippen molar-refractivity contribution in [2.24, 2.45) is 11.8 Å². The van der Waals surface area contributed by atoms with E-state index in [2.05, 4.69) is 9.97 Å². The zero-order chi connectivity index (χ0) is 16.7. The van der Waals surface area contributed by atoms with Crippen molar-refractivity contribution in [1.82, 2.24) is 9.97 Å². The van der Waals surface area contributed by atoms with Crippen molar-refractivity contribution in [3.05, 3.63) is 35.5 Å². The van der Waals surface area contributed by atoms with Gasteiger partial charge in [0, 0.05) is 5.92 Å². The van der Waals surface area contributed by atoms with Gasteiger partial charge in [-0.15, -0.1) is 0 Å². The number of aromatic amines is 1. The molecule has 1 aliphatic heterocycles. The van der Waals surface area contributed by atoms with Gasteiger partial charge in [-0.2, -0.15) is 4.98 Å². The third-order valence-corrected chi connectivity index (χ3v) is 4.31. The van der Waals surface area contributed by atoms with Crippen molar-refractivity contribution in [1.29, 1.82) is 0 Å². The number of carbonyl (C=O) groups excluding carboxylic acids is 1. The number of nitrogens with zero attached hydrogens (tertiary/aromatic N) is 1. The number of benzene rings is 1. The van der Waals surface area contributed by atoms with Crippen molar-refractivity contribution in [2.45, 2.75) is 33.1 Å². The van der Waals surface area contributed by atoms with Crippen LogP contribution in [0.1, 0.15) is 38.8 Å². The predicted molar refractivity (Wildman–Crippen MR) is 80.9 cm³/mol. The van der Waals surface area contributed by atoms with Crippen LogP contribution < -0.4 is 4.74 Å². The Balaban J connectivity index is 2.11. The fourth-order valence-corrected chi connectivity index (χ4v) is 3.22. The molecule has 2 atom stereocenters. The Kier molecular flexibility index (Phi) is 3.92. The number of halogens is 2. The third-order valence-electron chi connectivity index (χ3n) is 4.31. The summed E-state index contributed by atoms with van der Waals surface area (Å²) in [6.45, 7) is 5.95. The summed E-state index contributed by atoms with van der Waals surface area (Å²) < 4.78 is 32.7. The summed E-state index contributed by atoms with van der Waals surface area (Å²) >= 11 is 0. The molecule has 1 aromatic heterocycles. The molecule has 0 amide bonds. The highest BCUT2D eigenvalue weighted by atomic mass is 19.1. The van der Waals surface area contributed by atoms with E-state index in [9.17, 15) is 13.6 Å². The number of ether oxygens (including phenoxy) is 1. The van der Waals surface area contributed by atoms with Crippen LogP contribution in [-0.4, -0.2) is 15.9 Å². The first-order valence-corrected chi connectivity index (χ1v) is 7.69. The normalized spacial score (nSPS) is 20.5. The first kappa shape index (κ1) is 15.6. The lowest BCUT2D eigenvalue weighted by Crippen LogP contribution is -2.33. The minimum Gasteiger partial charge on any atom is -0.405 e. The first-order chi connectivity index (χ1) is 10.9. The lowest BCUT2D eigenvalue weighted by molar-refractivity contribution is -0.142. The van der Waals surface area contributed by atoms with Crippen LogP contribution in [0.2, 0.25) is 0 Å². The highest BCUT2D eigenvalue weighted by Crippen LogP contribution is 2.43. The molecule has 2 heterocycles. The zero-order valence-corrected chi connectivity index (χ0v) is 13.2. The van der Waals surface area contributed by atoms with Gasteiger partial charge in [-0.1, -0.05) is 20.8 Å². The van der Waals surface area contributed by atoms with Gasteiger partial charge in [-0.25, -0.2) is 8.78 Å². The molecule has 1 N–H and O–H groups in total. The summed E-state index contributed by atoms with van der Waals surface area (Å²) in [7, 11) is 0. The molecule has 122 valence electrons. The fourth-order valence-electron chi connectivity index (χ4n) is 3.22. The smallest absolute Gasteiger partial charge is 0.316 e. The second-order valence-corrected chi connectivity index (χ2v) is 6.13. The molecule has 6 heteroatoms. The molecule has 2 unspecified atom stereocenters. The lowest BCUT2D eigenvalue weighted by Gasteiger charge is -2.30. The van der Waals surface area contributed by atoms with Gasteiger partial charge < -0.3 is 9.72 Å². The van der Waals surface area contributed by atoms with E-state index in [1.165, 1.54) is 0 Å². The van der Waals surface area contributed by atoms with E-state index in [1.54, 1.807) is 0 Å². The predicted octanol–water partition coefficient (Wildman–Crippen LogP) is 4.04. The van der Waals surface area contributed by atoms with Gasteiger partial charge in [0.2, 0.25) is 5.88 Å². The van der Waals surface area contributed by atoms with E-state index < -0.39 is 11.6 Å². The maximum Gasteiger partial charge on any atom is 0.316 e. The van der Waals surface area contributed by atoms with Crippen LogP contribution in [-0.2, 0) is 4.79 Å². The van der Waals surface area contributed by atoms with Gasteiger partial charge in [-0.3, -0.25) is 4.79 Å². The largest absolute Gasteiger partial charge is 0.405 e. The standard InChI is InChI=1S/C17H18F2N2O2/c1-4-10-13(8(2)3)14-16(23-17(10)22)21-15(20-14)11-7-9(18)5-6-12(11)19/h5-8,10,13H,4H2,1-3H3,(H,20,21). The molecule has 0 saturated carbocycles. The molecule has 2 aromatic rings. The van der Waals surface area contributed by atoms with Gasteiger partial charge in [0.05, 0.1) is 17.2 Å². The molecular formula is C17H18F2N2O2. The fraction of sp³-hybridized carbons (Fsp3) is 0.412. The summed E-state index contributed by atoms with van der Waals surface area (Å²) in [5, 5.41) is 0. The summed E-state index contributed by atoms with van der Waals surface area (Å²) in [6.07, 6.45) is 0.643. The molecule has 0 aliphatic carbocycles. The Hall–Kier alpha value is -2.24. The minimum absolute atomic E-state index is 0.0194. The van der Waals surface area contributed by atoms with E-state index in [0.717, 1.165) is 18.2 Å². The van der Waals surface area contributed by atoms with Crippen LogP contribution in [0.25, 0.3) is 11.4 Å². The average Bonchev–Trinajstić information content (AvgIpc) is 2.90. The van der Waals surface area contributed by atoms with Crippen LogP contribution in [0, 0.1) is 23.5 Å². The number of aromatic nitrogens is 2. The number of fused-ring (bicyclic) bond motifs is 1. The van der Waals surface area contributed by atoms with Crippen molar-refractivity contribution >= 4 is 5.97 Å². The van der Waals surface area contributed by atoms with Gasteiger partial charge in [-0.05, 0) is 30.5 Å². The number of imidazole rings is 1. The van der Waals surface area contributed by atoms with E-state index in [0.29, 0.717) is 12.1 Å². The first-order valence-electron chi connectivity index (χ1n) is 7.69. The van der Waals surface area contributed by atoms with E-state index in [4.69, 9.17) is 4.74 Å². The van der Waals surface area contributed by atoms with Gasteiger partial charge in [0.15, 0.2) is 0 Å². The van der Waals surface area contributed by atoms with Gasteiger partial charge in [0.1, 0.15) is 17.5 Å². The van der Waals surface area contributed by atoms with Crippen LogP contribution in [0.3, 0.4) is 0 Å². The van der Waals surface area contributed by atoms with Gasteiger partial charge in [0.25, 0.3) is 0 Å². The molecule has 0 radical (unpaired) electrons. The van der Waals surface area contributed by atoms with Crippen molar-refractivity contribution < 1.29 is 18.3 Å². The molecule has 1 aromatic carbocycles. The molecule has 0 fully saturated rings. The molecule has 1 aliphatic rings. The molecular weight excluding hydrogens is 302 g/mol. The van der Waals surface area contributed by atoms with Crippen LogP contribution >= 0.6 is 0 Å². The number of H-pyrrole nitrogens is 1. The Morgan fingerprint density at radius 3 is 2.74 bits per heavy atom. The zero-order valence-electron chi connectivity index (χ0n) is 13.2. The number of nitrogens with one attached hydrogen (secondary N) is 1. The van der Waals surface area contributed by atoms with Crippen LogP contribution in [0.15, 0.2) is 18.2 Å². The number of hydrogen-bond donors (Lipinski definition) is 1. The van der Waals surface area contributed by atoms with Crippen LogP contribution in [0.4, 0.5) is 8.78 Å². The Morgan fingerprint density at radius 1 is 1.35 bits per heavy atom. The summed E-state index contributed by atoms with van der Waals surface area (Å²) in [4.78, 5) is 19.4. The van der Waals surface area contributed by atoms with Crippen LogP contribution in [0.5, 0.6) is 5.88 Å². The van der Waals surface area contributed by atoms with E-state index >= 15 is 0 Å². The second-order valence-electron chi connectivity index (χ2n) is 6.13. The number of hydrogen-bond acceptors (Lipinski definition) is 3. The second kappa shape index (κ2) is 5.76. The maximum absolute atomic E-state index is 14.0. The number of rotatable bonds is 3. The highest BCUT2D eigenvalue weighted by Gasteiger charge is 2.40. The van der Waals surface area contributed by atoms with Crippen molar-refractivity contribution in [3.8, 4) is 17.3 Å². The van der Waals surface area contributed by atoms with E-state index in [-0.39, 0.29) is 41.0 Å². The summed E-state index contributed by atoms with van der Waals surface area (Å²) in [5.74, 6) is -1.31. The molecule has 0 saturated heterocycles. The Labute approximate surface area is 132 Å². The molecule has 3 rings (SSSR count). The quantitative estimate of drug-likeness (QED) is 0.868. The van der Waals surface area contributed by atoms with Crippen molar-refractivity contribution in [2.75, 3.05) is 0 Å². The minimum atomic E-state index is -0.586. The monoisotopic (exact) mass is 320 g/mol. The van der Waals surface area contributed by atoms with Crippen molar-refractivity contribution in [3.63, 3.8) is 0 Å². The SMILES string of the molecule is CCC1C(=O)Oc2nc(-c3cc(F)ccc3F)[nH]c2C1C(C)C. The third kappa shape index (κ3) is 2.62. The number of esters is 1. The number of carbonyl (C=O) groups is 1. The molecule has 0 bridgehead atoms. The lowest BCUT2D eigenvalue weighted by atomic mass is 9.78. The average molecular weight is 320 g/mol. The molecule has 23 heavy (non-hydrogen) atoms.